The Hall–Kier alpha value is -1.45. The third-order valence-electron chi connectivity index (χ3n) is 5.47. The van der Waals surface area contributed by atoms with Crippen LogP contribution >= 0.6 is 34.5 Å². The van der Waals surface area contributed by atoms with Gasteiger partial charge < -0.3 is 4.90 Å². The molecule has 10 heteroatoms. The zero-order valence-electron chi connectivity index (χ0n) is 16.8. The van der Waals surface area contributed by atoms with Crippen molar-refractivity contribution in [2.45, 2.75) is 23.5 Å². The van der Waals surface area contributed by atoms with Crippen molar-refractivity contribution in [3.8, 4) is 0 Å². The van der Waals surface area contributed by atoms with Crippen molar-refractivity contribution < 1.29 is 12.8 Å². The van der Waals surface area contributed by atoms with E-state index in [1.54, 1.807) is 43.4 Å². The first-order valence-corrected chi connectivity index (χ1v) is 13.0. The molecule has 1 aromatic heterocycles. The number of hydrogen-bond acceptors (Lipinski definition) is 5. The number of sulfonamides is 1. The topological polar surface area (TPSA) is 53.5 Å². The lowest BCUT2D eigenvalue weighted by Gasteiger charge is -2.38. The first-order chi connectivity index (χ1) is 14.7. The molecule has 2 heterocycles. The highest BCUT2D eigenvalue weighted by Crippen LogP contribution is 2.33. The fourth-order valence-electron chi connectivity index (χ4n) is 3.76. The van der Waals surface area contributed by atoms with Gasteiger partial charge in [0.2, 0.25) is 10.0 Å². The maximum atomic E-state index is 13.7. The smallest absolute Gasteiger partial charge is 0.222 e. The second kappa shape index (κ2) is 8.83. The van der Waals surface area contributed by atoms with Crippen molar-refractivity contribution in [2.24, 2.45) is 0 Å². The highest BCUT2D eigenvalue weighted by Gasteiger charge is 2.43. The van der Waals surface area contributed by atoms with Gasteiger partial charge in [-0.05, 0) is 24.6 Å². The standard InChI is InChI=1S/C21H22Cl2FN3O2S2/c1-21(23)7-3-2-4-19(21)31(28,29)27-10-8-26(9-11-27)20-25-16(14-30-20)12-15-5-6-17(22)18(24)13-15/h2-7,13-14,19H,8-12H2,1H3. The van der Waals surface area contributed by atoms with Crippen molar-refractivity contribution in [2.75, 3.05) is 31.1 Å². The van der Waals surface area contributed by atoms with E-state index >= 15 is 0 Å². The predicted octanol–water partition coefficient (Wildman–Crippen LogP) is 4.47. The molecule has 0 bridgehead atoms. The molecule has 0 radical (unpaired) electrons. The molecule has 1 aliphatic carbocycles. The highest BCUT2D eigenvalue weighted by molar-refractivity contribution is 7.90. The number of piperazine rings is 1. The van der Waals surface area contributed by atoms with E-state index in [0.29, 0.717) is 32.6 Å². The van der Waals surface area contributed by atoms with Crippen LogP contribution in [0.3, 0.4) is 0 Å². The van der Waals surface area contributed by atoms with Crippen LogP contribution in [0, 0.1) is 5.82 Å². The van der Waals surface area contributed by atoms with Crippen LogP contribution in [0.2, 0.25) is 5.02 Å². The largest absolute Gasteiger partial charge is 0.345 e. The van der Waals surface area contributed by atoms with Crippen LogP contribution in [0.5, 0.6) is 0 Å². The molecule has 1 aliphatic heterocycles. The van der Waals surface area contributed by atoms with Gasteiger partial charge in [-0.2, -0.15) is 4.31 Å². The molecule has 0 saturated carbocycles. The van der Waals surface area contributed by atoms with Crippen molar-refractivity contribution >= 4 is 49.7 Å². The Kier molecular flexibility index (Phi) is 6.47. The van der Waals surface area contributed by atoms with Gasteiger partial charge in [-0.25, -0.2) is 17.8 Å². The predicted molar refractivity (Wildman–Crippen MR) is 125 cm³/mol. The summed E-state index contributed by atoms with van der Waals surface area (Å²) in [6, 6.07) is 4.75. The summed E-state index contributed by atoms with van der Waals surface area (Å²) in [5, 5.41) is 2.10. The van der Waals surface area contributed by atoms with Crippen molar-refractivity contribution in [3.63, 3.8) is 0 Å². The second-order valence-corrected chi connectivity index (χ2v) is 11.9. The average molecular weight is 502 g/mol. The molecule has 0 spiro atoms. The number of halogens is 3. The molecule has 2 unspecified atom stereocenters. The zero-order chi connectivity index (χ0) is 22.2. The first kappa shape index (κ1) is 22.7. The normalized spacial score (nSPS) is 24.6. The number of thiazole rings is 1. The number of anilines is 1. The summed E-state index contributed by atoms with van der Waals surface area (Å²) >= 11 is 13.7. The van der Waals surface area contributed by atoms with Crippen LogP contribution < -0.4 is 4.90 Å². The minimum Gasteiger partial charge on any atom is -0.345 e. The average Bonchev–Trinajstić information content (AvgIpc) is 3.19. The molecule has 2 aliphatic rings. The van der Waals surface area contributed by atoms with E-state index in [4.69, 9.17) is 23.2 Å². The van der Waals surface area contributed by atoms with Gasteiger partial charge in [0.25, 0.3) is 0 Å². The zero-order valence-corrected chi connectivity index (χ0v) is 20.0. The van der Waals surface area contributed by atoms with E-state index in [0.717, 1.165) is 16.4 Å². The van der Waals surface area contributed by atoms with Gasteiger partial charge in [0.05, 0.1) is 15.6 Å². The highest BCUT2D eigenvalue weighted by atomic mass is 35.5. The number of allylic oxidation sites excluding steroid dienone is 3. The van der Waals surface area contributed by atoms with Crippen molar-refractivity contribution in [1.82, 2.24) is 9.29 Å². The number of rotatable bonds is 5. The van der Waals surface area contributed by atoms with Crippen LogP contribution in [-0.2, 0) is 16.4 Å². The Morgan fingerprint density at radius 2 is 2.00 bits per heavy atom. The van der Waals surface area contributed by atoms with Gasteiger partial charge >= 0.3 is 0 Å². The Morgan fingerprint density at radius 3 is 2.68 bits per heavy atom. The maximum absolute atomic E-state index is 13.7. The molecule has 1 saturated heterocycles. The maximum Gasteiger partial charge on any atom is 0.222 e. The van der Waals surface area contributed by atoms with E-state index in [-0.39, 0.29) is 5.02 Å². The molecule has 2 aromatic rings. The Balaban J connectivity index is 1.39. The summed E-state index contributed by atoms with van der Waals surface area (Å²) < 4.78 is 41.5. The molecular formula is C21H22Cl2FN3O2S2. The summed E-state index contributed by atoms with van der Waals surface area (Å²) in [6.45, 7) is 3.57. The van der Waals surface area contributed by atoms with Gasteiger partial charge in [-0.1, -0.05) is 42.0 Å². The Morgan fingerprint density at radius 1 is 1.26 bits per heavy atom. The van der Waals surface area contributed by atoms with Gasteiger partial charge in [-0.3, -0.25) is 0 Å². The lowest BCUT2D eigenvalue weighted by atomic mass is 10.0. The third-order valence-corrected chi connectivity index (χ3v) is 9.59. The van der Waals surface area contributed by atoms with E-state index in [9.17, 15) is 12.8 Å². The number of alkyl halides is 1. The van der Waals surface area contributed by atoms with Gasteiger partial charge in [0.15, 0.2) is 5.13 Å². The summed E-state index contributed by atoms with van der Waals surface area (Å²) in [6.07, 6.45) is 7.38. The molecular weight excluding hydrogens is 480 g/mol. The van der Waals surface area contributed by atoms with Gasteiger partial charge in [0.1, 0.15) is 11.1 Å². The molecule has 4 rings (SSSR count). The molecule has 1 aromatic carbocycles. The third kappa shape index (κ3) is 4.83. The molecule has 1 fully saturated rings. The summed E-state index contributed by atoms with van der Waals surface area (Å²) in [7, 11) is -3.57. The van der Waals surface area contributed by atoms with Crippen LogP contribution in [0.4, 0.5) is 9.52 Å². The van der Waals surface area contributed by atoms with Crippen molar-refractivity contribution in [1.29, 1.82) is 0 Å². The molecule has 5 nitrogen and oxygen atoms in total. The van der Waals surface area contributed by atoms with Gasteiger partial charge in [0, 0.05) is 38.0 Å². The SMILES string of the molecule is CC1(Cl)C=CC=CC1S(=O)(=O)N1CCN(c2nc(Cc3ccc(Cl)c(F)c3)cs2)CC1. The monoisotopic (exact) mass is 501 g/mol. The molecule has 2 atom stereocenters. The number of aromatic nitrogens is 1. The van der Waals surface area contributed by atoms with E-state index < -0.39 is 26.0 Å². The Labute approximate surface area is 195 Å². The number of benzene rings is 1. The summed E-state index contributed by atoms with van der Waals surface area (Å²) in [4.78, 5) is 5.78. The number of hydrogen-bond donors (Lipinski definition) is 0. The van der Waals surface area contributed by atoms with Crippen LogP contribution in [-0.4, -0.2) is 54.0 Å². The molecule has 0 N–H and O–H groups in total. The molecule has 31 heavy (non-hydrogen) atoms. The fourth-order valence-corrected chi connectivity index (χ4v) is 7.18. The van der Waals surface area contributed by atoms with Crippen LogP contribution in [0.1, 0.15) is 18.2 Å². The van der Waals surface area contributed by atoms with Crippen LogP contribution in [0.15, 0.2) is 47.9 Å². The number of nitrogens with zero attached hydrogens (tertiary/aromatic N) is 3. The Bertz CT molecular complexity index is 1120. The van der Waals surface area contributed by atoms with E-state index in [2.05, 4.69) is 9.88 Å². The van der Waals surface area contributed by atoms with Gasteiger partial charge in [-0.15, -0.1) is 22.9 Å². The molecule has 166 valence electrons. The quantitative estimate of drug-likeness (QED) is 0.567. The fraction of sp³-hybridized carbons (Fsp3) is 0.381. The summed E-state index contributed by atoms with van der Waals surface area (Å²) in [5.41, 5.74) is 1.64. The van der Waals surface area contributed by atoms with E-state index in [1.165, 1.54) is 21.7 Å². The minimum atomic E-state index is -3.57. The summed E-state index contributed by atoms with van der Waals surface area (Å²) in [5.74, 6) is -0.441. The minimum absolute atomic E-state index is 0.102. The van der Waals surface area contributed by atoms with Crippen molar-refractivity contribution in [3.05, 3.63) is 70.0 Å². The lowest BCUT2D eigenvalue weighted by molar-refractivity contribution is 0.379. The second-order valence-electron chi connectivity index (χ2n) is 7.79. The molecule has 0 amide bonds. The lowest BCUT2D eigenvalue weighted by Crippen LogP contribution is -2.54. The van der Waals surface area contributed by atoms with E-state index in [1.807, 2.05) is 5.38 Å². The first-order valence-electron chi connectivity index (χ1n) is 9.84. The van der Waals surface area contributed by atoms with Crippen LogP contribution in [0.25, 0.3) is 0 Å².